The lowest BCUT2D eigenvalue weighted by Crippen LogP contribution is -1.88. The van der Waals surface area contributed by atoms with Gasteiger partial charge in [-0.2, -0.15) is 0 Å². The van der Waals surface area contributed by atoms with Crippen molar-refractivity contribution in [1.29, 1.82) is 0 Å². The summed E-state index contributed by atoms with van der Waals surface area (Å²) in [6, 6.07) is 6.24. The number of nitrogens with zero attached hydrogens (tertiary/aromatic N) is 2. The van der Waals surface area contributed by atoms with E-state index in [1.54, 1.807) is 6.20 Å². The maximum Gasteiger partial charge on any atom is 0.0892 e. The smallest absolute Gasteiger partial charge is 0.0892 e. The van der Waals surface area contributed by atoms with Crippen molar-refractivity contribution in [3.8, 4) is 0 Å². The highest BCUT2D eigenvalue weighted by atomic mass is 14.8. The molecule has 2 nitrogen and oxygen atoms in total. The number of aromatic nitrogens is 2. The molecule has 2 heteroatoms. The van der Waals surface area contributed by atoms with Crippen LogP contribution in [-0.2, 0) is 6.42 Å². The molecule has 0 saturated heterocycles. The second kappa shape index (κ2) is 3.13. The normalized spacial score (nSPS) is 10.6. The first-order valence-corrected chi connectivity index (χ1v) is 4.52. The van der Waals surface area contributed by atoms with Crippen molar-refractivity contribution in [2.45, 2.75) is 20.3 Å². The molecule has 1 aromatic carbocycles. The number of fused-ring (bicyclic) bond motifs is 1. The van der Waals surface area contributed by atoms with Crippen LogP contribution in [0.15, 0.2) is 24.4 Å². The van der Waals surface area contributed by atoms with Crippen LogP contribution in [0.2, 0.25) is 0 Å². The number of hydrogen-bond donors (Lipinski definition) is 0. The third kappa shape index (κ3) is 1.52. The summed E-state index contributed by atoms with van der Waals surface area (Å²) in [5.74, 6) is 0. The summed E-state index contributed by atoms with van der Waals surface area (Å²) in [5.41, 5.74) is 4.26. The molecule has 2 rings (SSSR count). The average molecular weight is 172 g/mol. The number of aryl methyl sites for hydroxylation is 2. The summed E-state index contributed by atoms with van der Waals surface area (Å²) in [6.07, 6.45) is 2.85. The van der Waals surface area contributed by atoms with Gasteiger partial charge >= 0.3 is 0 Å². The fourth-order valence-electron chi connectivity index (χ4n) is 1.37. The summed E-state index contributed by atoms with van der Waals surface area (Å²) in [7, 11) is 0. The first-order chi connectivity index (χ1) is 6.29. The summed E-state index contributed by atoms with van der Waals surface area (Å²) >= 11 is 0. The molecule has 0 amide bonds. The lowest BCUT2D eigenvalue weighted by atomic mass is 10.1. The van der Waals surface area contributed by atoms with Crippen LogP contribution in [0.1, 0.15) is 18.2 Å². The molecule has 1 aromatic heterocycles. The van der Waals surface area contributed by atoms with Gasteiger partial charge in [0.1, 0.15) is 0 Å². The summed E-state index contributed by atoms with van der Waals surface area (Å²) in [6.45, 7) is 4.11. The van der Waals surface area contributed by atoms with Crippen LogP contribution in [0.3, 0.4) is 0 Å². The van der Waals surface area contributed by atoms with E-state index in [2.05, 4.69) is 29.0 Å². The van der Waals surface area contributed by atoms with Crippen molar-refractivity contribution in [3.05, 3.63) is 35.7 Å². The van der Waals surface area contributed by atoms with Crippen LogP contribution < -0.4 is 0 Å². The molecule has 1 heterocycles. The van der Waals surface area contributed by atoms with E-state index >= 15 is 0 Å². The van der Waals surface area contributed by atoms with Crippen LogP contribution in [0.5, 0.6) is 0 Å². The summed E-state index contributed by atoms with van der Waals surface area (Å²) in [4.78, 5) is 8.72. The summed E-state index contributed by atoms with van der Waals surface area (Å²) in [5, 5.41) is 0. The van der Waals surface area contributed by atoms with Crippen molar-refractivity contribution in [1.82, 2.24) is 9.97 Å². The van der Waals surface area contributed by atoms with Gasteiger partial charge < -0.3 is 0 Å². The zero-order chi connectivity index (χ0) is 9.26. The zero-order valence-electron chi connectivity index (χ0n) is 7.91. The van der Waals surface area contributed by atoms with Gasteiger partial charge in [0.15, 0.2) is 0 Å². The van der Waals surface area contributed by atoms with Gasteiger partial charge in [-0.1, -0.05) is 13.0 Å². The molecule has 66 valence electrons. The molecule has 0 radical (unpaired) electrons. The minimum atomic E-state index is 0.973. The lowest BCUT2D eigenvalue weighted by Gasteiger charge is -2.00. The van der Waals surface area contributed by atoms with Crippen molar-refractivity contribution in [2.24, 2.45) is 0 Å². The van der Waals surface area contributed by atoms with Crippen molar-refractivity contribution in [2.75, 3.05) is 0 Å². The van der Waals surface area contributed by atoms with E-state index in [9.17, 15) is 0 Å². The molecule has 0 saturated carbocycles. The molecule has 0 aliphatic rings. The second-order valence-corrected chi connectivity index (χ2v) is 3.19. The highest BCUT2D eigenvalue weighted by molar-refractivity contribution is 5.74. The van der Waals surface area contributed by atoms with Crippen LogP contribution >= 0.6 is 0 Å². The highest BCUT2D eigenvalue weighted by Gasteiger charge is 1.97. The van der Waals surface area contributed by atoms with Gasteiger partial charge in [0, 0.05) is 6.20 Å². The molecule has 0 bridgehead atoms. The van der Waals surface area contributed by atoms with Gasteiger partial charge in [-0.05, 0) is 31.0 Å². The molecular formula is C11H12N2. The lowest BCUT2D eigenvalue weighted by molar-refractivity contribution is 1.13. The van der Waals surface area contributed by atoms with Gasteiger partial charge in [-0.3, -0.25) is 4.98 Å². The fourth-order valence-corrected chi connectivity index (χ4v) is 1.37. The molecule has 0 aliphatic carbocycles. The monoisotopic (exact) mass is 172 g/mol. The molecule has 13 heavy (non-hydrogen) atoms. The number of benzene rings is 1. The standard InChI is InChI=1S/C11H12N2/c1-3-9-4-5-10-11(6-9)13-8(2)7-12-10/h4-7H,3H2,1-2H3. The summed E-state index contributed by atoms with van der Waals surface area (Å²) < 4.78 is 0. The Bertz CT molecular complexity index is 435. The van der Waals surface area contributed by atoms with Crippen molar-refractivity contribution < 1.29 is 0 Å². The van der Waals surface area contributed by atoms with E-state index < -0.39 is 0 Å². The minimum absolute atomic E-state index is 0.973. The number of hydrogen-bond acceptors (Lipinski definition) is 2. The van der Waals surface area contributed by atoms with E-state index in [4.69, 9.17) is 0 Å². The molecule has 0 aliphatic heterocycles. The predicted molar refractivity (Wildman–Crippen MR) is 53.7 cm³/mol. The van der Waals surface area contributed by atoms with E-state index in [0.29, 0.717) is 0 Å². The van der Waals surface area contributed by atoms with Gasteiger partial charge in [0.2, 0.25) is 0 Å². The van der Waals surface area contributed by atoms with Crippen LogP contribution in [0, 0.1) is 6.92 Å². The molecule has 0 N–H and O–H groups in total. The van der Waals surface area contributed by atoms with Crippen LogP contribution in [0.4, 0.5) is 0 Å². The Balaban J connectivity index is 2.68. The molecular weight excluding hydrogens is 160 g/mol. The van der Waals surface area contributed by atoms with Gasteiger partial charge in [0.05, 0.1) is 16.7 Å². The molecule has 0 spiro atoms. The van der Waals surface area contributed by atoms with E-state index in [1.165, 1.54) is 5.56 Å². The minimum Gasteiger partial charge on any atom is -0.253 e. The zero-order valence-corrected chi connectivity index (χ0v) is 7.91. The third-order valence-electron chi connectivity index (χ3n) is 2.14. The maximum atomic E-state index is 4.42. The highest BCUT2D eigenvalue weighted by Crippen LogP contribution is 2.12. The largest absolute Gasteiger partial charge is 0.253 e. The number of rotatable bonds is 1. The van der Waals surface area contributed by atoms with Crippen molar-refractivity contribution >= 4 is 11.0 Å². The Labute approximate surface area is 77.6 Å². The topological polar surface area (TPSA) is 25.8 Å². The van der Waals surface area contributed by atoms with Gasteiger partial charge in [0.25, 0.3) is 0 Å². The van der Waals surface area contributed by atoms with Crippen LogP contribution in [-0.4, -0.2) is 9.97 Å². The Morgan fingerprint density at radius 3 is 2.85 bits per heavy atom. The maximum absolute atomic E-state index is 4.42. The van der Waals surface area contributed by atoms with E-state index in [0.717, 1.165) is 23.1 Å². The Morgan fingerprint density at radius 2 is 2.08 bits per heavy atom. The van der Waals surface area contributed by atoms with Crippen LogP contribution in [0.25, 0.3) is 11.0 Å². The SMILES string of the molecule is CCc1ccc2ncc(C)nc2c1. The van der Waals surface area contributed by atoms with E-state index in [-0.39, 0.29) is 0 Å². The Hall–Kier alpha value is -1.44. The predicted octanol–water partition coefficient (Wildman–Crippen LogP) is 2.50. The quantitative estimate of drug-likeness (QED) is 0.660. The molecule has 0 fully saturated rings. The molecule has 0 unspecified atom stereocenters. The molecule has 2 aromatic rings. The Kier molecular flexibility index (Phi) is 1.97. The first kappa shape index (κ1) is 8.17. The second-order valence-electron chi connectivity index (χ2n) is 3.19. The molecule has 0 atom stereocenters. The average Bonchev–Trinajstić information content (AvgIpc) is 2.16. The van der Waals surface area contributed by atoms with Gasteiger partial charge in [-0.15, -0.1) is 0 Å². The van der Waals surface area contributed by atoms with Gasteiger partial charge in [-0.25, -0.2) is 4.98 Å². The van der Waals surface area contributed by atoms with Crippen molar-refractivity contribution in [3.63, 3.8) is 0 Å². The first-order valence-electron chi connectivity index (χ1n) is 4.52. The fraction of sp³-hybridized carbons (Fsp3) is 0.273. The van der Waals surface area contributed by atoms with E-state index in [1.807, 2.05) is 13.0 Å². The Morgan fingerprint density at radius 1 is 1.23 bits per heavy atom. The third-order valence-corrected chi connectivity index (χ3v) is 2.14.